The third-order valence-corrected chi connectivity index (χ3v) is 4.72. The molecule has 0 fully saturated rings. The molecule has 0 aromatic heterocycles. The van der Waals surface area contributed by atoms with E-state index >= 15 is 0 Å². The van der Waals surface area contributed by atoms with Crippen LogP contribution >= 0.6 is 0 Å². The van der Waals surface area contributed by atoms with Crippen LogP contribution in [0.5, 0.6) is 5.75 Å². The summed E-state index contributed by atoms with van der Waals surface area (Å²) in [6, 6.07) is 20.9. The first-order chi connectivity index (χ1) is 15.1. The Hall–Kier alpha value is -3.95. The van der Waals surface area contributed by atoms with Gasteiger partial charge in [0.25, 0.3) is 0 Å². The fraction of sp³-hybridized carbons (Fsp3) is 0.120. The number of ether oxygens (including phenoxy) is 3. The maximum Gasteiger partial charge on any atom is 0.331 e. The first-order valence-corrected chi connectivity index (χ1v) is 9.62. The lowest BCUT2D eigenvalue weighted by Gasteiger charge is -2.28. The monoisotopic (exact) mass is 415 g/mol. The minimum absolute atomic E-state index is 0.141. The van der Waals surface area contributed by atoms with Crippen molar-refractivity contribution in [1.29, 1.82) is 5.26 Å². The van der Waals surface area contributed by atoms with Gasteiger partial charge in [-0.25, -0.2) is 9.18 Å². The maximum atomic E-state index is 14.0. The molecule has 1 aliphatic heterocycles. The molecule has 3 aromatic rings. The zero-order chi connectivity index (χ0) is 21.6. The minimum atomic E-state index is -0.620. The molecule has 0 bridgehead atoms. The molecule has 154 valence electrons. The molecule has 1 atom stereocenters. The fourth-order valence-electron chi connectivity index (χ4n) is 3.19. The zero-order valence-electron chi connectivity index (χ0n) is 16.5. The van der Waals surface area contributed by atoms with Gasteiger partial charge < -0.3 is 14.2 Å². The standard InChI is InChI=1S/C25H18FNO4/c26-22-12-20(15-29-23(28)11-10-17-6-8-18(14-27)9-7-17)24-21(13-22)16-30-25(31-24)19-4-2-1-3-5-19/h1-13,25H,15-16H2/b11-10+/t25-/m1/s1. The number of nitriles is 1. The summed E-state index contributed by atoms with van der Waals surface area (Å²) in [5.74, 6) is -0.567. The van der Waals surface area contributed by atoms with E-state index in [0.717, 1.165) is 11.1 Å². The summed E-state index contributed by atoms with van der Waals surface area (Å²) >= 11 is 0. The van der Waals surface area contributed by atoms with Crippen molar-refractivity contribution in [3.05, 3.63) is 106 Å². The molecule has 3 aromatic carbocycles. The van der Waals surface area contributed by atoms with Gasteiger partial charge in [0.1, 0.15) is 18.2 Å². The Labute approximate surface area is 178 Å². The second-order valence-electron chi connectivity index (χ2n) is 6.90. The van der Waals surface area contributed by atoms with Crippen LogP contribution in [0.2, 0.25) is 0 Å². The van der Waals surface area contributed by atoms with Gasteiger partial charge in [0.2, 0.25) is 6.29 Å². The van der Waals surface area contributed by atoms with Crippen LogP contribution in [0.3, 0.4) is 0 Å². The van der Waals surface area contributed by atoms with Crippen LogP contribution in [-0.2, 0) is 27.5 Å². The van der Waals surface area contributed by atoms with Crippen LogP contribution in [-0.4, -0.2) is 5.97 Å². The number of carbonyl (C=O) groups excluding carboxylic acids is 1. The predicted octanol–water partition coefficient (Wildman–Crippen LogP) is 5.06. The first-order valence-electron chi connectivity index (χ1n) is 9.62. The molecule has 1 aliphatic rings. The number of esters is 1. The summed E-state index contributed by atoms with van der Waals surface area (Å²) in [4.78, 5) is 12.1. The van der Waals surface area contributed by atoms with Crippen LogP contribution in [0, 0.1) is 17.1 Å². The lowest BCUT2D eigenvalue weighted by Crippen LogP contribution is -2.19. The molecule has 0 N–H and O–H groups in total. The van der Waals surface area contributed by atoms with Crippen molar-refractivity contribution >= 4 is 12.0 Å². The van der Waals surface area contributed by atoms with Crippen LogP contribution in [0.25, 0.3) is 6.08 Å². The highest BCUT2D eigenvalue weighted by Crippen LogP contribution is 2.36. The van der Waals surface area contributed by atoms with Gasteiger partial charge in [0.15, 0.2) is 0 Å². The Kier molecular flexibility index (Phi) is 6.06. The average Bonchev–Trinajstić information content (AvgIpc) is 2.81. The molecule has 4 rings (SSSR count). The number of nitrogens with zero attached hydrogens (tertiary/aromatic N) is 1. The largest absolute Gasteiger partial charge is 0.460 e. The van der Waals surface area contributed by atoms with Crippen LogP contribution in [0.4, 0.5) is 4.39 Å². The van der Waals surface area contributed by atoms with E-state index in [9.17, 15) is 9.18 Å². The normalized spacial score (nSPS) is 15.0. The molecular weight excluding hydrogens is 397 g/mol. The topological polar surface area (TPSA) is 68.6 Å². The SMILES string of the molecule is N#Cc1ccc(/C=C/C(=O)OCc2cc(F)cc3c2O[C@H](c2ccccc2)OC3)cc1. The molecular formula is C25H18FNO4. The van der Waals surface area contributed by atoms with Gasteiger partial charge >= 0.3 is 5.97 Å². The number of rotatable bonds is 5. The van der Waals surface area contributed by atoms with Gasteiger partial charge in [-0.3, -0.25) is 0 Å². The Morgan fingerprint density at radius 3 is 2.68 bits per heavy atom. The van der Waals surface area contributed by atoms with Crippen molar-refractivity contribution in [2.24, 2.45) is 0 Å². The first kappa shape index (κ1) is 20.3. The molecule has 0 saturated carbocycles. The third-order valence-electron chi connectivity index (χ3n) is 4.72. The average molecular weight is 415 g/mol. The number of hydrogen-bond acceptors (Lipinski definition) is 5. The summed E-state index contributed by atoms with van der Waals surface area (Å²) in [6.45, 7) is 0.0460. The summed E-state index contributed by atoms with van der Waals surface area (Å²) in [6.07, 6.45) is 2.24. The van der Waals surface area contributed by atoms with Crippen molar-refractivity contribution in [2.45, 2.75) is 19.5 Å². The van der Waals surface area contributed by atoms with E-state index in [1.54, 1.807) is 30.3 Å². The number of hydrogen-bond donors (Lipinski definition) is 0. The van der Waals surface area contributed by atoms with Gasteiger partial charge in [-0.1, -0.05) is 42.5 Å². The van der Waals surface area contributed by atoms with Crippen molar-refractivity contribution in [1.82, 2.24) is 0 Å². The van der Waals surface area contributed by atoms with Crippen LogP contribution < -0.4 is 4.74 Å². The number of fused-ring (bicyclic) bond motifs is 1. The molecule has 6 heteroatoms. The van der Waals surface area contributed by atoms with E-state index in [-0.39, 0.29) is 13.2 Å². The molecule has 0 amide bonds. The smallest absolute Gasteiger partial charge is 0.331 e. The molecule has 0 aliphatic carbocycles. The third kappa shape index (κ3) is 4.97. The van der Waals surface area contributed by atoms with E-state index < -0.39 is 18.1 Å². The van der Waals surface area contributed by atoms with E-state index in [1.807, 2.05) is 36.4 Å². The van der Waals surface area contributed by atoms with Gasteiger partial charge in [-0.15, -0.1) is 0 Å². The Balaban J connectivity index is 1.45. The summed E-state index contributed by atoms with van der Waals surface area (Å²) < 4.78 is 31.0. The number of benzene rings is 3. The van der Waals surface area contributed by atoms with Crippen LogP contribution in [0.15, 0.2) is 72.8 Å². The van der Waals surface area contributed by atoms with Crippen LogP contribution in [0.1, 0.15) is 34.1 Å². The Morgan fingerprint density at radius 1 is 1.16 bits per heavy atom. The highest BCUT2D eigenvalue weighted by atomic mass is 19.1. The highest BCUT2D eigenvalue weighted by Gasteiger charge is 2.25. The molecule has 0 spiro atoms. The second-order valence-corrected chi connectivity index (χ2v) is 6.90. The molecule has 31 heavy (non-hydrogen) atoms. The predicted molar refractivity (Wildman–Crippen MR) is 111 cm³/mol. The quantitative estimate of drug-likeness (QED) is 0.430. The molecule has 0 saturated heterocycles. The summed E-state index contributed by atoms with van der Waals surface area (Å²) in [5.41, 5.74) is 3.12. The van der Waals surface area contributed by atoms with Gasteiger partial charge in [0.05, 0.1) is 18.2 Å². The van der Waals surface area contributed by atoms with E-state index in [0.29, 0.717) is 22.4 Å². The van der Waals surface area contributed by atoms with E-state index in [1.165, 1.54) is 18.2 Å². The fourth-order valence-corrected chi connectivity index (χ4v) is 3.19. The maximum absolute atomic E-state index is 14.0. The molecule has 1 heterocycles. The molecule has 0 unspecified atom stereocenters. The van der Waals surface area contributed by atoms with Gasteiger partial charge in [-0.05, 0) is 35.9 Å². The van der Waals surface area contributed by atoms with Crippen molar-refractivity contribution in [2.75, 3.05) is 0 Å². The Morgan fingerprint density at radius 2 is 1.94 bits per heavy atom. The zero-order valence-corrected chi connectivity index (χ0v) is 16.5. The van der Waals surface area contributed by atoms with Gasteiger partial charge in [-0.2, -0.15) is 5.26 Å². The lowest BCUT2D eigenvalue weighted by molar-refractivity contribution is -0.139. The minimum Gasteiger partial charge on any atom is -0.460 e. The van der Waals surface area contributed by atoms with E-state index in [2.05, 4.69) is 0 Å². The van der Waals surface area contributed by atoms with Crippen molar-refractivity contribution in [3.63, 3.8) is 0 Å². The number of halogens is 1. The van der Waals surface area contributed by atoms with Gasteiger partial charge in [0, 0.05) is 22.8 Å². The lowest BCUT2D eigenvalue weighted by atomic mass is 10.1. The highest BCUT2D eigenvalue weighted by molar-refractivity contribution is 5.87. The summed E-state index contributed by atoms with van der Waals surface area (Å²) in [5, 5.41) is 8.82. The number of carbonyl (C=O) groups is 1. The van der Waals surface area contributed by atoms with Crippen molar-refractivity contribution in [3.8, 4) is 11.8 Å². The summed E-state index contributed by atoms with van der Waals surface area (Å²) in [7, 11) is 0. The second kappa shape index (κ2) is 9.24. The van der Waals surface area contributed by atoms with E-state index in [4.69, 9.17) is 19.5 Å². The Bertz CT molecular complexity index is 1150. The van der Waals surface area contributed by atoms with Crippen molar-refractivity contribution < 1.29 is 23.4 Å². The molecule has 0 radical (unpaired) electrons. The molecule has 5 nitrogen and oxygen atoms in total.